The molecule has 0 saturated heterocycles. The Kier molecular flexibility index (Phi) is 5.24. The molecule has 0 aromatic carbocycles. The van der Waals surface area contributed by atoms with Crippen molar-refractivity contribution in [2.24, 2.45) is 11.8 Å². The third kappa shape index (κ3) is 3.25. The molecule has 1 saturated carbocycles. The molecule has 3 atom stereocenters. The molecule has 0 radical (unpaired) electrons. The fraction of sp³-hybridized carbons (Fsp3) is 0.733. The molecule has 1 heterocycles. The molecule has 0 aliphatic heterocycles. The summed E-state index contributed by atoms with van der Waals surface area (Å²) < 4.78 is 2.15. The second kappa shape index (κ2) is 6.74. The second-order valence-electron chi connectivity index (χ2n) is 5.92. The van der Waals surface area contributed by atoms with Gasteiger partial charge in [-0.1, -0.05) is 27.2 Å². The van der Waals surface area contributed by atoms with Gasteiger partial charge in [0.05, 0.1) is 11.9 Å². The molecule has 3 unspecified atom stereocenters. The van der Waals surface area contributed by atoms with Crippen molar-refractivity contribution < 1.29 is 0 Å². The lowest BCUT2D eigenvalue weighted by atomic mass is 9.98. The number of nitrogens with zero attached hydrogens (tertiary/aromatic N) is 2. The fourth-order valence-electron chi connectivity index (χ4n) is 2.80. The van der Waals surface area contributed by atoms with Crippen LogP contribution in [-0.2, 0) is 6.54 Å². The van der Waals surface area contributed by atoms with Gasteiger partial charge >= 0.3 is 0 Å². The van der Waals surface area contributed by atoms with E-state index < -0.39 is 0 Å². The monoisotopic (exact) mass is 341 g/mol. The van der Waals surface area contributed by atoms with E-state index in [1.54, 1.807) is 10.9 Å². The van der Waals surface area contributed by atoms with Crippen molar-refractivity contribution in [1.82, 2.24) is 9.78 Å². The van der Waals surface area contributed by atoms with Crippen LogP contribution in [0.4, 0.5) is 5.69 Å². The average molecular weight is 342 g/mol. The van der Waals surface area contributed by atoms with Crippen LogP contribution >= 0.6 is 15.9 Å². The molecule has 5 heteroatoms. The Morgan fingerprint density at radius 3 is 2.80 bits per heavy atom. The summed E-state index contributed by atoms with van der Waals surface area (Å²) in [5.41, 5.74) is 0.788. The quantitative estimate of drug-likeness (QED) is 0.888. The molecule has 2 rings (SSSR count). The van der Waals surface area contributed by atoms with Gasteiger partial charge in [0.25, 0.3) is 5.56 Å². The van der Waals surface area contributed by atoms with E-state index in [-0.39, 0.29) is 5.56 Å². The van der Waals surface area contributed by atoms with E-state index in [0.29, 0.717) is 23.0 Å². The van der Waals surface area contributed by atoms with Gasteiger partial charge < -0.3 is 5.32 Å². The molecule has 1 aromatic heterocycles. The summed E-state index contributed by atoms with van der Waals surface area (Å²) in [4.78, 5) is 12.2. The predicted molar refractivity (Wildman–Crippen MR) is 86.1 cm³/mol. The maximum atomic E-state index is 12.2. The Morgan fingerprint density at radius 1 is 1.45 bits per heavy atom. The van der Waals surface area contributed by atoms with Gasteiger partial charge in [0, 0.05) is 12.6 Å². The highest BCUT2D eigenvalue weighted by Crippen LogP contribution is 2.34. The largest absolute Gasteiger partial charge is 0.380 e. The van der Waals surface area contributed by atoms with E-state index in [1.165, 1.54) is 6.42 Å². The molecule has 4 nitrogen and oxygen atoms in total. The summed E-state index contributed by atoms with van der Waals surface area (Å²) in [5.74, 6) is 1.37. The first kappa shape index (κ1) is 15.5. The third-order valence-electron chi connectivity index (χ3n) is 4.51. The summed E-state index contributed by atoms with van der Waals surface area (Å²) in [6.45, 7) is 7.37. The minimum absolute atomic E-state index is 0.0397. The Bertz CT molecular complexity index is 514. The van der Waals surface area contributed by atoms with E-state index in [1.807, 2.05) is 0 Å². The first-order valence-corrected chi connectivity index (χ1v) is 8.36. The molecular formula is C15H24BrN3O. The van der Waals surface area contributed by atoms with E-state index >= 15 is 0 Å². The van der Waals surface area contributed by atoms with Crippen LogP contribution in [0.1, 0.15) is 46.5 Å². The van der Waals surface area contributed by atoms with Gasteiger partial charge in [0.1, 0.15) is 4.47 Å². The number of anilines is 1. The Balaban J connectivity index is 2.13. The molecule has 1 N–H and O–H groups in total. The van der Waals surface area contributed by atoms with Gasteiger partial charge in [-0.25, -0.2) is 4.68 Å². The molecule has 0 spiro atoms. The van der Waals surface area contributed by atoms with Crippen molar-refractivity contribution in [2.45, 2.75) is 59.0 Å². The molecule has 1 aliphatic carbocycles. The van der Waals surface area contributed by atoms with Crippen molar-refractivity contribution in [2.75, 3.05) is 5.32 Å². The molecular weight excluding hydrogens is 318 g/mol. The Labute approximate surface area is 129 Å². The summed E-state index contributed by atoms with van der Waals surface area (Å²) in [7, 11) is 0. The molecule has 1 aliphatic rings. The number of hydrogen-bond donors (Lipinski definition) is 1. The van der Waals surface area contributed by atoms with Crippen LogP contribution < -0.4 is 10.9 Å². The minimum atomic E-state index is -0.0397. The summed E-state index contributed by atoms with van der Waals surface area (Å²) >= 11 is 3.43. The van der Waals surface area contributed by atoms with Crippen LogP contribution in [0.25, 0.3) is 0 Å². The van der Waals surface area contributed by atoms with Gasteiger partial charge in [0.2, 0.25) is 0 Å². The zero-order chi connectivity index (χ0) is 14.7. The molecule has 1 fully saturated rings. The molecule has 0 amide bonds. The van der Waals surface area contributed by atoms with Gasteiger partial charge in [-0.2, -0.15) is 5.10 Å². The van der Waals surface area contributed by atoms with Gasteiger partial charge in [-0.3, -0.25) is 4.79 Å². The number of halogens is 1. The molecule has 0 bridgehead atoms. The van der Waals surface area contributed by atoms with Crippen molar-refractivity contribution in [1.29, 1.82) is 0 Å². The normalized spacial score (nSPS) is 25.9. The lowest BCUT2D eigenvalue weighted by Gasteiger charge is -2.21. The van der Waals surface area contributed by atoms with Crippen LogP contribution in [0, 0.1) is 11.8 Å². The van der Waals surface area contributed by atoms with Crippen molar-refractivity contribution in [3.63, 3.8) is 0 Å². The van der Waals surface area contributed by atoms with E-state index in [2.05, 4.69) is 47.1 Å². The number of aryl methyl sites for hydroxylation is 1. The SMILES string of the molecule is CCCCn1ncc(NC2CCC(C)C2C)c(Br)c1=O. The summed E-state index contributed by atoms with van der Waals surface area (Å²) in [6.07, 6.45) is 6.22. The number of unbranched alkanes of at least 4 members (excludes halogenated alkanes) is 1. The second-order valence-corrected chi connectivity index (χ2v) is 6.71. The lowest BCUT2D eigenvalue weighted by Crippen LogP contribution is -2.28. The Hall–Kier alpha value is -0.840. The molecule has 20 heavy (non-hydrogen) atoms. The highest BCUT2D eigenvalue weighted by atomic mass is 79.9. The van der Waals surface area contributed by atoms with Crippen LogP contribution in [0.3, 0.4) is 0 Å². The van der Waals surface area contributed by atoms with Crippen LogP contribution in [0.5, 0.6) is 0 Å². The fourth-order valence-corrected chi connectivity index (χ4v) is 3.22. The smallest absolute Gasteiger partial charge is 0.283 e. The van der Waals surface area contributed by atoms with Crippen molar-refractivity contribution in [3.05, 3.63) is 21.0 Å². The van der Waals surface area contributed by atoms with E-state index in [4.69, 9.17) is 0 Å². The maximum Gasteiger partial charge on any atom is 0.283 e. The van der Waals surface area contributed by atoms with Crippen LogP contribution in [0.2, 0.25) is 0 Å². The number of rotatable bonds is 5. The van der Waals surface area contributed by atoms with Crippen LogP contribution in [0.15, 0.2) is 15.5 Å². The summed E-state index contributed by atoms with van der Waals surface area (Å²) in [5, 5.41) is 7.77. The van der Waals surface area contributed by atoms with Crippen LogP contribution in [-0.4, -0.2) is 15.8 Å². The highest BCUT2D eigenvalue weighted by Gasteiger charge is 2.30. The average Bonchev–Trinajstić information content (AvgIpc) is 2.75. The lowest BCUT2D eigenvalue weighted by molar-refractivity contribution is 0.435. The zero-order valence-electron chi connectivity index (χ0n) is 12.5. The summed E-state index contributed by atoms with van der Waals surface area (Å²) in [6, 6.07) is 0.439. The van der Waals surface area contributed by atoms with E-state index in [9.17, 15) is 4.79 Å². The number of aromatic nitrogens is 2. The Morgan fingerprint density at radius 2 is 2.20 bits per heavy atom. The van der Waals surface area contributed by atoms with Gasteiger partial charge in [-0.15, -0.1) is 0 Å². The zero-order valence-corrected chi connectivity index (χ0v) is 14.1. The third-order valence-corrected chi connectivity index (χ3v) is 5.28. The number of hydrogen-bond acceptors (Lipinski definition) is 3. The highest BCUT2D eigenvalue weighted by molar-refractivity contribution is 9.10. The van der Waals surface area contributed by atoms with Crippen molar-refractivity contribution in [3.8, 4) is 0 Å². The molecule has 112 valence electrons. The maximum absolute atomic E-state index is 12.2. The van der Waals surface area contributed by atoms with E-state index in [0.717, 1.165) is 30.9 Å². The van der Waals surface area contributed by atoms with Crippen molar-refractivity contribution >= 4 is 21.6 Å². The molecule has 1 aromatic rings. The first-order valence-electron chi connectivity index (χ1n) is 7.56. The first-order chi connectivity index (χ1) is 9.54. The van der Waals surface area contributed by atoms with Gasteiger partial charge in [-0.05, 0) is 47.0 Å². The predicted octanol–water partition coefficient (Wildman–Crippen LogP) is 3.65. The standard InChI is InChI=1S/C15H24BrN3O/c1-4-5-8-19-15(20)14(16)13(9-17-19)18-12-7-6-10(2)11(12)3/h9-12,18H,4-8H2,1-3H3. The van der Waals surface area contributed by atoms with Gasteiger partial charge in [0.15, 0.2) is 0 Å². The number of nitrogens with one attached hydrogen (secondary N) is 1. The minimum Gasteiger partial charge on any atom is -0.380 e. The topological polar surface area (TPSA) is 46.9 Å².